The molecular weight excluding hydrogens is 346 g/mol. The first-order valence-electron chi connectivity index (χ1n) is 7.51. The van der Waals surface area contributed by atoms with E-state index in [0.717, 1.165) is 17.6 Å². The van der Waals surface area contributed by atoms with Crippen molar-refractivity contribution in [3.8, 4) is 5.75 Å². The van der Waals surface area contributed by atoms with Gasteiger partial charge in [-0.05, 0) is 30.2 Å². The van der Waals surface area contributed by atoms with Crippen molar-refractivity contribution in [2.75, 3.05) is 19.9 Å². The lowest BCUT2D eigenvalue weighted by atomic mass is 10.2. The molecular formula is C16H19N3O5S. The number of methoxy groups -OCH3 is 1. The van der Waals surface area contributed by atoms with Gasteiger partial charge in [-0.1, -0.05) is 17.2 Å². The van der Waals surface area contributed by atoms with Crippen LogP contribution in [0.1, 0.15) is 17.9 Å². The van der Waals surface area contributed by atoms with Crippen molar-refractivity contribution >= 4 is 21.8 Å². The van der Waals surface area contributed by atoms with Gasteiger partial charge in [-0.25, -0.2) is 8.42 Å². The Morgan fingerprint density at radius 1 is 1.28 bits per heavy atom. The lowest BCUT2D eigenvalue weighted by molar-refractivity contribution is -0.116. The highest BCUT2D eigenvalue weighted by Gasteiger charge is 2.16. The topological polar surface area (TPSA) is 111 Å². The smallest absolute Gasteiger partial charge is 0.335 e. The number of rotatable bonds is 8. The molecule has 0 aliphatic rings. The second-order valence-corrected chi connectivity index (χ2v) is 7.13. The summed E-state index contributed by atoms with van der Waals surface area (Å²) in [6.45, 7) is 0.405. The zero-order valence-electron chi connectivity index (χ0n) is 13.9. The number of hydrogen-bond donors (Lipinski definition) is 1. The predicted octanol–water partition coefficient (Wildman–Crippen LogP) is 1.24. The molecule has 134 valence electrons. The molecule has 0 aliphatic carbocycles. The van der Waals surface area contributed by atoms with E-state index in [2.05, 4.69) is 15.5 Å². The van der Waals surface area contributed by atoms with Gasteiger partial charge in [0.25, 0.3) is 0 Å². The average Bonchev–Trinajstić information content (AvgIpc) is 3.06. The number of nitrogens with zero attached hydrogens (tertiary/aromatic N) is 2. The Labute approximate surface area is 145 Å². The number of carbonyl (C=O) groups is 1. The van der Waals surface area contributed by atoms with E-state index >= 15 is 0 Å². The summed E-state index contributed by atoms with van der Waals surface area (Å²) < 4.78 is 32.5. The second kappa shape index (κ2) is 8.43. The van der Waals surface area contributed by atoms with Gasteiger partial charge in [-0.15, -0.1) is 5.10 Å². The second-order valence-electron chi connectivity index (χ2n) is 5.23. The van der Waals surface area contributed by atoms with Crippen LogP contribution in [-0.4, -0.2) is 44.4 Å². The van der Waals surface area contributed by atoms with Crippen LogP contribution in [0.3, 0.4) is 0 Å². The number of hydrogen-bond acceptors (Lipinski definition) is 7. The third kappa shape index (κ3) is 6.03. The SMILES string of the molecule is COc1ccc(/C=C/C(=O)NCCCc2nnc(S(C)(=O)=O)o2)cc1. The average molecular weight is 365 g/mol. The van der Waals surface area contributed by atoms with Crippen LogP contribution in [0.4, 0.5) is 0 Å². The maximum Gasteiger partial charge on any atom is 0.335 e. The fraction of sp³-hybridized carbons (Fsp3) is 0.312. The van der Waals surface area contributed by atoms with Gasteiger partial charge in [-0.2, -0.15) is 0 Å². The summed E-state index contributed by atoms with van der Waals surface area (Å²) in [5.41, 5.74) is 0.884. The van der Waals surface area contributed by atoms with Crippen molar-refractivity contribution in [1.82, 2.24) is 15.5 Å². The molecule has 2 rings (SSSR count). The van der Waals surface area contributed by atoms with Crippen LogP contribution in [0.25, 0.3) is 6.08 Å². The third-order valence-corrected chi connectivity index (χ3v) is 3.97. The minimum atomic E-state index is -3.49. The first-order valence-corrected chi connectivity index (χ1v) is 9.40. The van der Waals surface area contributed by atoms with Crippen molar-refractivity contribution in [3.05, 3.63) is 41.8 Å². The lowest BCUT2D eigenvalue weighted by Crippen LogP contribution is -2.22. The van der Waals surface area contributed by atoms with Gasteiger partial charge in [0, 0.05) is 25.3 Å². The molecule has 0 fully saturated rings. The summed E-state index contributed by atoms with van der Waals surface area (Å²) >= 11 is 0. The summed E-state index contributed by atoms with van der Waals surface area (Å²) in [5.74, 6) is 0.753. The molecule has 2 aromatic rings. The first kappa shape index (κ1) is 18.7. The van der Waals surface area contributed by atoms with E-state index in [4.69, 9.17) is 9.15 Å². The van der Waals surface area contributed by atoms with E-state index in [9.17, 15) is 13.2 Å². The van der Waals surface area contributed by atoms with Gasteiger partial charge >= 0.3 is 5.22 Å². The van der Waals surface area contributed by atoms with Crippen molar-refractivity contribution in [2.24, 2.45) is 0 Å². The van der Waals surface area contributed by atoms with E-state index < -0.39 is 15.1 Å². The Balaban J connectivity index is 1.73. The number of nitrogens with one attached hydrogen (secondary N) is 1. The lowest BCUT2D eigenvalue weighted by Gasteiger charge is -2.01. The van der Waals surface area contributed by atoms with Crippen molar-refractivity contribution in [1.29, 1.82) is 0 Å². The van der Waals surface area contributed by atoms with Gasteiger partial charge in [0.15, 0.2) is 0 Å². The fourth-order valence-electron chi connectivity index (χ4n) is 1.89. The van der Waals surface area contributed by atoms with E-state index in [1.54, 1.807) is 13.2 Å². The molecule has 0 atom stereocenters. The molecule has 1 N–H and O–H groups in total. The number of amides is 1. The normalized spacial score (nSPS) is 11.6. The predicted molar refractivity (Wildman–Crippen MR) is 90.8 cm³/mol. The molecule has 8 nitrogen and oxygen atoms in total. The molecule has 0 saturated carbocycles. The molecule has 0 spiro atoms. The molecule has 0 radical (unpaired) electrons. The zero-order valence-corrected chi connectivity index (χ0v) is 14.7. The third-order valence-electron chi connectivity index (χ3n) is 3.18. The number of aromatic nitrogens is 2. The van der Waals surface area contributed by atoms with Crippen LogP contribution in [0.5, 0.6) is 5.75 Å². The van der Waals surface area contributed by atoms with Crippen LogP contribution in [0.15, 0.2) is 40.0 Å². The van der Waals surface area contributed by atoms with Gasteiger partial charge in [0.1, 0.15) is 5.75 Å². The van der Waals surface area contributed by atoms with Crippen molar-refractivity contribution in [3.63, 3.8) is 0 Å². The van der Waals surface area contributed by atoms with Crippen LogP contribution in [0.2, 0.25) is 0 Å². The highest BCUT2D eigenvalue weighted by Crippen LogP contribution is 2.12. The molecule has 0 unspecified atom stereocenters. The Morgan fingerprint density at radius 3 is 2.60 bits per heavy atom. The van der Waals surface area contributed by atoms with Gasteiger partial charge in [-0.3, -0.25) is 4.79 Å². The highest BCUT2D eigenvalue weighted by atomic mass is 32.2. The van der Waals surface area contributed by atoms with E-state index in [1.165, 1.54) is 6.08 Å². The Bertz CT molecular complexity index is 841. The quantitative estimate of drug-likeness (QED) is 0.553. The Hall–Kier alpha value is -2.68. The summed E-state index contributed by atoms with van der Waals surface area (Å²) in [6.07, 6.45) is 5.07. The summed E-state index contributed by atoms with van der Waals surface area (Å²) in [6, 6.07) is 7.31. The minimum Gasteiger partial charge on any atom is -0.497 e. The van der Waals surface area contributed by atoms with E-state index in [-0.39, 0.29) is 11.8 Å². The van der Waals surface area contributed by atoms with Gasteiger partial charge < -0.3 is 14.5 Å². The number of benzene rings is 1. The van der Waals surface area contributed by atoms with Crippen LogP contribution in [0, 0.1) is 0 Å². The molecule has 0 saturated heterocycles. The maximum atomic E-state index is 11.7. The maximum absolute atomic E-state index is 11.7. The molecule has 1 heterocycles. The number of sulfone groups is 1. The van der Waals surface area contributed by atoms with Crippen LogP contribution in [-0.2, 0) is 21.1 Å². The summed E-state index contributed by atoms with van der Waals surface area (Å²) in [7, 11) is -1.90. The zero-order chi connectivity index (χ0) is 18.3. The molecule has 9 heteroatoms. The molecule has 1 amide bonds. The molecule has 0 aliphatic heterocycles. The fourth-order valence-corrected chi connectivity index (χ4v) is 2.32. The molecule has 0 bridgehead atoms. The molecule has 1 aromatic heterocycles. The monoisotopic (exact) mass is 365 g/mol. The van der Waals surface area contributed by atoms with Crippen LogP contribution >= 0.6 is 0 Å². The number of carbonyl (C=O) groups excluding carboxylic acids is 1. The Kier molecular flexibility index (Phi) is 6.29. The van der Waals surface area contributed by atoms with E-state index in [0.29, 0.717) is 19.4 Å². The summed E-state index contributed by atoms with van der Waals surface area (Å²) in [5, 5.41) is 9.45. The van der Waals surface area contributed by atoms with Gasteiger partial charge in [0.2, 0.25) is 21.6 Å². The van der Waals surface area contributed by atoms with Crippen molar-refractivity contribution < 1.29 is 22.4 Å². The first-order chi connectivity index (χ1) is 11.9. The summed E-state index contributed by atoms with van der Waals surface area (Å²) in [4.78, 5) is 11.7. The van der Waals surface area contributed by atoms with Gasteiger partial charge in [0.05, 0.1) is 7.11 Å². The Morgan fingerprint density at radius 2 is 2.00 bits per heavy atom. The van der Waals surface area contributed by atoms with E-state index in [1.807, 2.05) is 24.3 Å². The molecule has 25 heavy (non-hydrogen) atoms. The highest BCUT2D eigenvalue weighted by molar-refractivity contribution is 7.90. The number of aryl methyl sites for hydroxylation is 1. The largest absolute Gasteiger partial charge is 0.497 e. The van der Waals surface area contributed by atoms with Crippen molar-refractivity contribution in [2.45, 2.75) is 18.1 Å². The molecule has 1 aromatic carbocycles. The van der Waals surface area contributed by atoms with Crippen LogP contribution < -0.4 is 10.1 Å². The standard InChI is InChI=1S/C16H19N3O5S/c1-23-13-8-5-12(6-9-13)7-10-14(20)17-11-3-4-15-18-19-16(24-15)25(2,21)22/h5-10H,3-4,11H2,1-2H3,(H,17,20)/b10-7+. The number of ether oxygens (including phenoxy) is 1. The minimum absolute atomic E-state index is 0.224.